The van der Waals surface area contributed by atoms with Gasteiger partial charge in [-0.15, -0.1) is 5.10 Å². The van der Waals surface area contributed by atoms with Crippen LogP contribution in [0.5, 0.6) is 0 Å². The normalized spacial score (nSPS) is 19.9. The molecule has 1 atom stereocenters. The fourth-order valence-corrected chi connectivity index (χ4v) is 4.49. The Morgan fingerprint density at radius 1 is 1.22 bits per heavy atom. The summed E-state index contributed by atoms with van der Waals surface area (Å²) in [5.41, 5.74) is 3.45. The van der Waals surface area contributed by atoms with E-state index in [2.05, 4.69) is 15.6 Å². The summed E-state index contributed by atoms with van der Waals surface area (Å²) < 4.78 is 9.96. The van der Waals surface area contributed by atoms with Crippen molar-refractivity contribution in [2.45, 2.75) is 38.6 Å². The lowest BCUT2D eigenvalue weighted by molar-refractivity contribution is -0.0828. The number of nitrogens with zero attached hydrogens (tertiary/aromatic N) is 5. The largest absolute Gasteiger partial charge is 0.365 e. The molecule has 2 aromatic heterocycles. The molecule has 1 unspecified atom stereocenters. The van der Waals surface area contributed by atoms with Crippen LogP contribution in [0.1, 0.15) is 44.2 Å². The number of carbonyl (C=O) groups is 2. The van der Waals surface area contributed by atoms with Gasteiger partial charge >= 0.3 is 0 Å². The van der Waals surface area contributed by atoms with E-state index in [1.807, 2.05) is 64.6 Å². The monoisotopic (exact) mass is 434 g/mol. The lowest BCUT2D eigenvalue weighted by Gasteiger charge is -2.34. The predicted octanol–water partition coefficient (Wildman–Crippen LogP) is 1.67. The van der Waals surface area contributed by atoms with Crippen LogP contribution >= 0.6 is 0 Å². The highest BCUT2D eigenvalue weighted by atomic mass is 16.5. The topological polar surface area (TPSA) is 94.3 Å². The molecule has 0 saturated carbocycles. The second-order valence-electron chi connectivity index (χ2n) is 8.65. The van der Waals surface area contributed by atoms with Crippen LogP contribution in [-0.2, 0) is 31.5 Å². The Bertz CT molecular complexity index is 1180. The van der Waals surface area contributed by atoms with Gasteiger partial charge in [0.15, 0.2) is 0 Å². The fraction of sp³-hybridized carbons (Fsp3) is 0.391. The van der Waals surface area contributed by atoms with Crippen LogP contribution in [0.2, 0.25) is 0 Å². The molecule has 1 N–H and O–H groups in total. The summed E-state index contributed by atoms with van der Waals surface area (Å²) in [6.45, 7) is 4.31. The molecule has 9 nitrogen and oxygen atoms in total. The van der Waals surface area contributed by atoms with Gasteiger partial charge in [-0.05, 0) is 37.6 Å². The van der Waals surface area contributed by atoms with Crippen LogP contribution < -0.4 is 5.32 Å². The van der Waals surface area contributed by atoms with E-state index < -0.39 is 5.60 Å². The zero-order valence-corrected chi connectivity index (χ0v) is 18.2. The summed E-state index contributed by atoms with van der Waals surface area (Å²) in [6, 6.07) is 11.2. The molecule has 1 saturated heterocycles. The molecule has 1 fully saturated rings. The van der Waals surface area contributed by atoms with Crippen LogP contribution in [0.25, 0.3) is 0 Å². The Hall–Kier alpha value is -3.46. The second kappa shape index (κ2) is 7.90. The van der Waals surface area contributed by atoms with Gasteiger partial charge in [-0.2, -0.15) is 0 Å². The lowest BCUT2D eigenvalue weighted by Crippen LogP contribution is -2.45. The average molecular weight is 435 g/mol. The Kier molecular flexibility index (Phi) is 5.05. The third-order valence-electron chi connectivity index (χ3n) is 6.33. The highest BCUT2D eigenvalue weighted by Crippen LogP contribution is 2.33. The van der Waals surface area contributed by atoms with E-state index in [-0.39, 0.29) is 18.4 Å². The molecular formula is C23H26N6O3. The number of hydrogen-bond acceptors (Lipinski definition) is 5. The van der Waals surface area contributed by atoms with Crippen molar-refractivity contribution in [3.8, 4) is 0 Å². The number of rotatable bonds is 4. The first-order valence-corrected chi connectivity index (χ1v) is 10.7. The predicted molar refractivity (Wildman–Crippen MR) is 116 cm³/mol. The molecule has 1 spiro atoms. The van der Waals surface area contributed by atoms with Crippen molar-refractivity contribution >= 4 is 11.8 Å². The molecule has 5 rings (SSSR count). The van der Waals surface area contributed by atoms with Crippen molar-refractivity contribution in [3.63, 3.8) is 0 Å². The van der Waals surface area contributed by atoms with E-state index in [9.17, 15) is 9.59 Å². The summed E-state index contributed by atoms with van der Waals surface area (Å²) in [7, 11) is 1.87. The smallest absolute Gasteiger partial charge is 0.270 e. The van der Waals surface area contributed by atoms with E-state index in [1.54, 1.807) is 6.07 Å². The van der Waals surface area contributed by atoms with Gasteiger partial charge in [0.05, 0.1) is 31.9 Å². The molecule has 2 aliphatic heterocycles. The minimum absolute atomic E-state index is 0.0157. The Morgan fingerprint density at radius 2 is 2.09 bits per heavy atom. The number of fused-ring (bicyclic) bond motifs is 1. The highest BCUT2D eigenvalue weighted by Gasteiger charge is 2.45. The molecule has 4 heterocycles. The standard InChI is InChI=1S/C23H26N6O3/c1-16-5-3-6-17(11-16)21(30)24-12-18-20-13-32-23(15-29(20)26-25-18)8-10-28(14-23)22(31)19-7-4-9-27(19)2/h3-7,9,11H,8,10,12-15H2,1-2H3,(H,24,30). The maximum Gasteiger partial charge on any atom is 0.270 e. The molecular weight excluding hydrogens is 408 g/mol. The first kappa shape index (κ1) is 20.4. The summed E-state index contributed by atoms with van der Waals surface area (Å²) in [4.78, 5) is 27.2. The minimum Gasteiger partial charge on any atom is -0.365 e. The molecule has 166 valence electrons. The number of aromatic nitrogens is 4. The Labute approximate surface area is 186 Å². The van der Waals surface area contributed by atoms with Crippen molar-refractivity contribution in [1.82, 2.24) is 29.8 Å². The van der Waals surface area contributed by atoms with Crippen molar-refractivity contribution in [2.24, 2.45) is 7.05 Å². The zero-order valence-electron chi connectivity index (χ0n) is 18.2. The van der Waals surface area contributed by atoms with E-state index in [4.69, 9.17) is 4.74 Å². The van der Waals surface area contributed by atoms with E-state index in [0.29, 0.717) is 43.2 Å². The van der Waals surface area contributed by atoms with Gasteiger partial charge < -0.3 is 19.5 Å². The van der Waals surface area contributed by atoms with Gasteiger partial charge in [0.25, 0.3) is 11.8 Å². The van der Waals surface area contributed by atoms with Crippen LogP contribution in [-0.4, -0.2) is 55.0 Å². The average Bonchev–Trinajstić information content (AvgIpc) is 3.50. The Balaban J connectivity index is 1.24. The van der Waals surface area contributed by atoms with Gasteiger partial charge in [-0.1, -0.05) is 22.9 Å². The molecule has 2 aliphatic rings. The molecule has 32 heavy (non-hydrogen) atoms. The number of ether oxygens (including phenoxy) is 1. The Morgan fingerprint density at radius 3 is 2.88 bits per heavy atom. The van der Waals surface area contributed by atoms with Crippen molar-refractivity contribution in [1.29, 1.82) is 0 Å². The number of aryl methyl sites for hydroxylation is 2. The van der Waals surface area contributed by atoms with Crippen LogP contribution in [0.4, 0.5) is 0 Å². The number of carbonyl (C=O) groups excluding carboxylic acids is 2. The van der Waals surface area contributed by atoms with Gasteiger partial charge in [-0.25, -0.2) is 4.68 Å². The molecule has 2 amide bonds. The minimum atomic E-state index is -0.455. The summed E-state index contributed by atoms with van der Waals surface area (Å²) in [6.07, 6.45) is 2.62. The summed E-state index contributed by atoms with van der Waals surface area (Å²) in [5, 5.41) is 11.5. The number of likely N-dealkylation sites (tertiary alicyclic amines) is 1. The zero-order chi connectivity index (χ0) is 22.3. The van der Waals surface area contributed by atoms with Gasteiger partial charge in [-0.3, -0.25) is 9.59 Å². The molecule has 3 aromatic rings. The maximum absolute atomic E-state index is 12.9. The number of benzene rings is 1. The van der Waals surface area contributed by atoms with Gasteiger partial charge in [0.2, 0.25) is 0 Å². The molecule has 0 bridgehead atoms. The first-order chi connectivity index (χ1) is 15.4. The van der Waals surface area contributed by atoms with Gasteiger partial charge in [0.1, 0.15) is 17.0 Å². The molecule has 9 heteroatoms. The number of amides is 2. The van der Waals surface area contributed by atoms with E-state index in [1.165, 1.54) is 0 Å². The third-order valence-corrected chi connectivity index (χ3v) is 6.33. The molecule has 1 aromatic carbocycles. The molecule has 0 aliphatic carbocycles. The van der Waals surface area contributed by atoms with Crippen molar-refractivity contribution < 1.29 is 14.3 Å². The second-order valence-corrected chi connectivity index (χ2v) is 8.65. The quantitative estimate of drug-likeness (QED) is 0.674. The lowest BCUT2D eigenvalue weighted by atomic mass is 10.0. The van der Waals surface area contributed by atoms with Crippen molar-refractivity contribution in [3.05, 3.63) is 70.8 Å². The number of hydrogen-bond donors (Lipinski definition) is 1. The molecule has 0 radical (unpaired) electrons. The number of nitrogens with one attached hydrogen (secondary N) is 1. The summed E-state index contributed by atoms with van der Waals surface area (Å²) >= 11 is 0. The van der Waals surface area contributed by atoms with Crippen LogP contribution in [0.3, 0.4) is 0 Å². The summed E-state index contributed by atoms with van der Waals surface area (Å²) in [5.74, 6) is -0.129. The highest BCUT2D eigenvalue weighted by molar-refractivity contribution is 5.94. The van der Waals surface area contributed by atoms with E-state index in [0.717, 1.165) is 17.7 Å². The van der Waals surface area contributed by atoms with E-state index >= 15 is 0 Å². The van der Waals surface area contributed by atoms with Gasteiger partial charge in [0, 0.05) is 25.4 Å². The van der Waals surface area contributed by atoms with Crippen LogP contribution in [0, 0.1) is 6.92 Å². The van der Waals surface area contributed by atoms with Crippen molar-refractivity contribution in [2.75, 3.05) is 13.1 Å². The third kappa shape index (κ3) is 3.69. The van der Waals surface area contributed by atoms with Crippen LogP contribution in [0.15, 0.2) is 42.6 Å². The SMILES string of the molecule is Cc1cccc(C(=O)NCc2nnn3c2COC2(CCN(C(=O)c4cccn4C)C2)C3)c1. The fourth-order valence-electron chi connectivity index (χ4n) is 4.49. The first-order valence-electron chi connectivity index (χ1n) is 10.7. The maximum atomic E-state index is 12.9.